The van der Waals surface area contributed by atoms with Crippen LogP contribution in [0.5, 0.6) is 0 Å². The monoisotopic (exact) mass is 305 g/mol. The second kappa shape index (κ2) is 11.3. The molecule has 0 radical (unpaired) electrons. The molecule has 0 bridgehead atoms. The molecule has 3 N–H and O–H groups in total. The van der Waals surface area contributed by atoms with Gasteiger partial charge in [-0.1, -0.05) is 75.8 Å². The van der Waals surface area contributed by atoms with Crippen LogP contribution in [0.2, 0.25) is 0 Å². The first-order valence-corrected chi connectivity index (χ1v) is 8.32. The molecule has 116 valence electrons. The second-order valence-electron chi connectivity index (χ2n) is 5.27. The van der Waals surface area contributed by atoms with Crippen molar-refractivity contribution in [2.45, 2.75) is 58.3 Å². The molecular formula is C17H27N3S. The number of hydrogen-bond acceptors (Lipinski definition) is 2. The molecule has 1 rings (SSSR count). The smallest absolute Gasteiger partial charge is 0.184 e. The van der Waals surface area contributed by atoms with Crippen molar-refractivity contribution in [1.82, 2.24) is 5.43 Å². The number of thiocarbonyl (C=S) groups is 1. The highest BCUT2D eigenvalue weighted by atomic mass is 32.1. The van der Waals surface area contributed by atoms with Gasteiger partial charge in [-0.3, -0.25) is 5.43 Å². The summed E-state index contributed by atoms with van der Waals surface area (Å²) in [6, 6.07) is 10.2. The highest BCUT2D eigenvalue weighted by molar-refractivity contribution is 7.80. The third-order valence-electron chi connectivity index (χ3n) is 3.43. The summed E-state index contributed by atoms with van der Waals surface area (Å²) in [7, 11) is 0. The molecule has 0 saturated carbocycles. The fourth-order valence-corrected chi connectivity index (χ4v) is 2.31. The zero-order valence-electron chi connectivity index (χ0n) is 13.0. The Kier molecular flexibility index (Phi) is 9.46. The molecule has 1 aromatic carbocycles. The molecule has 0 spiro atoms. The molecule has 0 amide bonds. The molecule has 0 heterocycles. The minimum atomic E-state index is 0.211. The average molecular weight is 305 g/mol. The number of unbranched alkanes of at least 4 members (excludes halogenated alkanes) is 6. The maximum atomic E-state index is 5.45. The van der Waals surface area contributed by atoms with Gasteiger partial charge >= 0.3 is 0 Å². The van der Waals surface area contributed by atoms with Gasteiger partial charge in [-0.05, 0) is 30.6 Å². The molecule has 0 atom stereocenters. The third kappa shape index (κ3) is 8.45. The van der Waals surface area contributed by atoms with Gasteiger partial charge in [0.25, 0.3) is 0 Å². The van der Waals surface area contributed by atoms with Crippen LogP contribution in [0.1, 0.15) is 63.9 Å². The molecule has 3 nitrogen and oxygen atoms in total. The fourth-order valence-electron chi connectivity index (χ4n) is 2.27. The van der Waals surface area contributed by atoms with Gasteiger partial charge < -0.3 is 5.73 Å². The van der Waals surface area contributed by atoms with Gasteiger partial charge in [0.05, 0.1) is 5.71 Å². The Morgan fingerprint density at radius 1 is 1.05 bits per heavy atom. The van der Waals surface area contributed by atoms with Crippen molar-refractivity contribution >= 4 is 23.0 Å². The van der Waals surface area contributed by atoms with Gasteiger partial charge in [0.1, 0.15) is 0 Å². The van der Waals surface area contributed by atoms with Crippen LogP contribution in [0.15, 0.2) is 35.4 Å². The van der Waals surface area contributed by atoms with Crippen LogP contribution in [0.4, 0.5) is 0 Å². The predicted molar refractivity (Wildman–Crippen MR) is 95.5 cm³/mol. The first kappa shape index (κ1) is 17.6. The topological polar surface area (TPSA) is 50.4 Å². The fraction of sp³-hybridized carbons (Fsp3) is 0.529. The highest BCUT2D eigenvalue weighted by Gasteiger charge is 2.03. The van der Waals surface area contributed by atoms with Gasteiger partial charge in [-0.2, -0.15) is 5.10 Å². The van der Waals surface area contributed by atoms with Crippen molar-refractivity contribution in [2.24, 2.45) is 10.8 Å². The lowest BCUT2D eigenvalue weighted by Crippen LogP contribution is -2.25. The standard InChI is InChI=1S/C17H27N3S/c1-2-3-4-5-6-7-11-14-16(19-20-17(18)21)15-12-9-8-10-13-15/h8-10,12-13H,2-7,11,14H2,1H3,(H3,18,20,21)/b19-16-. The van der Waals surface area contributed by atoms with E-state index in [0.717, 1.165) is 24.1 Å². The lowest BCUT2D eigenvalue weighted by atomic mass is 10.0. The summed E-state index contributed by atoms with van der Waals surface area (Å²) in [5.74, 6) is 0. The van der Waals surface area contributed by atoms with Gasteiger partial charge in [0, 0.05) is 0 Å². The van der Waals surface area contributed by atoms with Crippen molar-refractivity contribution in [3.63, 3.8) is 0 Å². The molecule has 21 heavy (non-hydrogen) atoms. The van der Waals surface area contributed by atoms with E-state index in [1.165, 1.54) is 38.5 Å². The Morgan fingerprint density at radius 3 is 2.29 bits per heavy atom. The summed E-state index contributed by atoms with van der Waals surface area (Å²) < 4.78 is 0. The van der Waals surface area contributed by atoms with E-state index >= 15 is 0 Å². The Labute approximate surface area is 134 Å². The minimum absolute atomic E-state index is 0.211. The Bertz CT molecular complexity index is 429. The second-order valence-corrected chi connectivity index (χ2v) is 5.71. The zero-order chi connectivity index (χ0) is 15.3. The minimum Gasteiger partial charge on any atom is -0.375 e. The van der Waals surface area contributed by atoms with Crippen LogP contribution in [-0.2, 0) is 0 Å². The lowest BCUT2D eigenvalue weighted by molar-refractivity contribution is 0.595. The van der Waals surface area contributed by atoms with E-state index in [0.29, 0.717) is 0 Å². The maximum absolute atomic E-state index is 5.45. The van der Waals surface area contributed by atoms with Crippen LogP contribution in [0, 0.1) is 0 Å². The van der Waals surface area contributed by atoms with E-state index < -0.39 is 0 Å². The van der Waals surface area contributed by atoms with Crippen molar-refractivity contribution in [3.05, 3.63) is 35.9 Å². The van der Waals surface area contributed by atoms with Gasteiger partial charge in [0.15, 0.2) is 5.11 Å². The normalized spacial score (nSPS) is 11.4. The number of hydrogen-bond donors (Lipinski definition) is 2. The molecule has 0 aromatic heterocycles. The summed E-state index contributed by atoms with van der Waals surface area (Å²) in [6.07, 6.45) is 10.0. The summed E-state index contributed by atoms with van der Waals surface area (Å²) in [4.78, 5) is 0. The first-order valence-electron chi connectivity index (χ1n) is 7.91. The number of benzene rings is 1. The molecule has 4 heteroatoms. The van der Waals surface area contributed by atoms with Gasteiger partial charge in [-0.25, -0.2) is 0 Å². The van der Waals surface area contributed by atoms with E-state index in [2.05, 4.69) is 29.6 Å². The average Bonchev–Trinajstić information content (AvgIpc) is 2.50. The van der Waals surface area contributed by atoms with Gasteiger partial charge in [0.2, 0.25) is 0 Å². The molecule has 0 fully saturated rings. The summed E-state index contributed by atoms with van der Waals surface area (Å²) in [5.41, 5.74) is 10.3. The molecule has 0 aliphatic heterocycles. The molecule has 0 aliphatic rings. The number of hydrazone groups is 1. The summed E-state index contributed by atoms with van der Waals surface area (Å²) in [6.45, 7) is 2.25. The lowest BCUT2D eigenvalue weighted by Gasteiger charge is -2.07. The first-order chi connectivity index (χ1) is 10.2. The van der Waals surface area contributed by atoms with Crippen molar-refractivity contribution in [3.8, 4) is 0 Å². The molecular weight excluding hydrogens is 278 g/mol. The van der Waals surface area contributed by atoms with Gasteiger partial charge in [-0.15, -0.1) is 0 Å². The van der Waals surface area contributed by atoms with Crippen LogP contribution in [0.3, 0.4) is 0 Å². The van der Waals surface area contributed by atoms with E-state index in [9.17, 15) is 0 Å². The van der Waals surface area contributed by atoms with E-state index in [1.807, 2.05) is 18.2 Å². The Hall–Kier alpha value is -1.42. The molecule has 0 aliphatic carbocycles. The Balaban J connectivity index is 2.40. The number of nitrogens with two attached hydrogens (primary N) is 1. The zero-order valence-corrected chi connectivity index (χ0v) is 13.8. The summed E-state index contributed by atoms with van der Waals surface area (Å²) >= 11 is 4.82. The predicted octanol–water partition coefficient (Wildman–Crippen LogP) is 4.36. The number of nitrogens with one attached hydrogen (secondary N) is 1. The highest BCUT2D eigenvalue weighted by Crippen LogP contribution is 2.12. The van der Waals surface area contributed by atoms with E-state index in [-0.39, 0.29) is 5.11 Å². The molecule has 0 unspecified atom stereocenters. The van der Waals surface area contributed by atoms with Crippen LogP contribution in [0.25, 0.3) is 0 Å². The van der Waals surface area contributed by atoms with Crippen molar-refractivity contribution in [1.29, 1.82) is 0 Å². The largest absolute Gasteiger partial charge is 0.375 e. The summed E-state index contributed by atoms with van der Waals surface area (Å²) in [5, 5.41) is 4.55. The van der Waals surface area contributed by atoms with Crippen LogP contribution >= 0.6 is 12.2 Å². The van der Waals surface area contributed by atoms with Crippen molar-refractivity contribution < 1.29 is 0 Å². The molecule has 0 saturated heterocycles. The number of rotatable bonds is 10. The van der Waals surface area contributed by atoms with Crippen LogP contribution < -0.4 is 11.2 Å². The quantitative estimate of drug-likeness (QED) is 0.292. The molecule has 1 aromatic rings. The van der Waals surface area contributed by atoms with E-state index in [4.69, 9.17) is 18.0 Å². The number of nitrogens with zero attached hydrogens (tertiary/aromatic N) is 1. The Morgan fingerprint density at radius 2 is 1.67 bits per heavy atom. The van der Waals surface area contributed by atoms with E-state index in [1.54, 1.807) is 0 Å². The van der Waals surface area contributed by atoms with Crippen molar-refractivity contribution in [2.75, 3.05) is 0 Å². The SMILES string of the molecule is CCCCCCCCC/C(=N/NC(N)=S)c1ccccc1. The van der Waals surface area contributed by atoms with Crippen LogP contribution in [-0.4, -0.2) is 10.8 Å². The maximum Gasteiger partial charge on any atom is 0.184 e. The third-order valence-corrected chi connectivity index (χ3v) is 3.52.